The molecule has 118 valence electrons. The van der Waals surface area contributed by atoms with Crippen LogP contribution in [0.2, 0.25) is 0 Å². The topological polar surface area (TPSA) is 12.0 Å². The Labute approximate surface area is 127 Å². The van der Waals surface area contributed by atoms with Gasteiger partial charge in [-0.1, -0.05) is 58.8 Å². The molecule has 1 N–H and O–H groups in total. The van der Waals surface area contributed by atoms with Gasteiger partial charge in [0, 0.05) is 0 Å². The maximum Gasteiger partial charge on any atom is -0.00179 e. The second-order valence-corrected chi connectivity index (χ2v) is 7.58. The van der Waals surface area contributed by atoms with Gasteiger partial charge in [0.25, 0.3) is 0 Å². The third-order valence-corrected chi connectivity index (χ3v) is 5.89. The van der Waals surface area contributed by atoms with Gasteiger partial charge in [0.1, 0.15) is 0 Å². The average molecular weight is 280 g/mol. The summed E-state index contributed by atoms with van der Waals surface area (Å²) in [6.45, 7) is 7.15. The lowest BCUT2D eigenvalue weighted by molar-refractivity contribution is 0.142. The van der Waals surface area contributed by atoms with E-state index in [1.165, 1.54) is 70.9 Å². The second kappa shape index (κ2) is 9.07. The molecule has 0 amide bonds. The first-order valence-corrected chi connectivity index (χ1v) is 9.54. The van der Waals surface area contributed by atoms with Gasteiger partial charge in [0.15, 0.2) is 0 Å². The number of rotatable bonds is 8. The minimum atomic E-state index is 0.982. The lowest BCUT2D eigenvalue weighted by atomic mass is 9.69. The molecule has 2 rings (SSSR count). The molecule has 0 bridgehead atoms. The van der Waals surface area contributed by atoms with Crippen LogP contribution < -0.4 is 5.32 Å². The van der Waals surface area contributed by atoms with Crippen LogP contribution >= 0.6 is 0 Å². The first-order valence-electron chi connectivity index (χ1n) is 9.54. The minimum absolute atomic E-state index is 0.982. The molecule has 0 aliphatic heterocycles. The summed E-state index contributed by atoms with van der Waals surface area (Å²) in [6.07, 6.45) is 16.3. The molecule has 0 aromatic carbocycles. The maximum atomic E-state index is 3.71. The quantitative estimate of drug-likeness (QED) is 0.587. The normalized spacial score (nSPS) is 31.8. The van der Waals surface area contributed by atoms with Crippen molar-refractivity contribution in [1.29, 1.82) is 0 Å². The number of hydrogen-bond donors (Lipinski definition) is 1. The summed E-state index contributed by atoms with van der Waals surface area (Å²) in [4.78, 5) is 0. The summed E-state index contributed by atoms with van der Waals surface area (Å²) in [7, 11) is 0. The number of nitrogens with one attached hydrogen (secondary N) is 1. The standard InChI is InChI=1S/C19H37N/c1-3-7-16-10-11-18(15-20-12-4-2)19(13-16)14-17-8-5-6-9-17/h16-20H,3-15H2,1-2H3. The molecule has 2 aliphatic rings. The Bertz CT molecular complexity index is 244. The highest BCUT2D eigenvalue weighted by Gasteiger charge is 2.32. The van der Waals surface area contributed by atoms with Crippen molar-refractivity contribution in [1.82, 2.24) is 5.32 Å². The lowest BCUT2D eigenvalue weighted by Crippen LogP contribution is -2.34. The molecule has 0 heterocycles. The molecule has 1 nitrogen and oxygen atoms in total. The molecule has 0 saturated heterocycles. The zero-order chi connectivity index (χ0) is 14.2. The fourth-order valence-corrected chi connectivity index (χ4v) is 4.79. The van der Waals surface area contributed by atoms with E-state index in [4.69, 9.17) is 0 Å². The lowest BCUT2D eigenvalue weighted by Gasteiger charge is -2.38. The molecule has 0 aromatic rings. The van der Waals surface area contributed by atoms with Crippen LogP contribution in [0.1, 0.15) is 84.5 Å². The molecule has 2 fully saturated rings. The maximum absolute atomic E-state index is 3.71. The van der Waals surface area contributed by atoms with Crippen LogP contribution in [0, 0.1) is 23.7 Å². The molecule has 1 heteroatoms. The van der Waals surface area contributed by atoms with Crippen molar-refractivity contribution in [2.45, 2.75) is 84.5 Å². The Morgan fingerprint density at radius 2 is 1.65 bits per heavy atom. The van der Waals surface area contributed by atoms with E-state index in [9.17, 15) is 0 Å². The van der Waals surface area contributed by atoms with Crippen molar-refractivity contribution in [2.75, 3.05) is 13.1 Å². The summed E-state index contributed by atoms with van der Waals surface area (Å²) in [5.41, 5.74) is 0. The molecule has 0 radical (unpaired) electrons. The zero-order valence-corrected chi connectivity index (χ0v) is 14.0. The summed E-state index contributed by atoms with van der Waals surface area (Å²) < 4.78 is 0. The van der Waals surface area contributed by atoms with E-state index in [-0.39, 0.29) is 0 Å². The fourth-order valence-electron chi connectivity index (χ4n) is 4.79. The van der Waals surface area contributed by atoms with Crippen molar-refractivity contribution in [3.8, 4) is 0 Å². The third kappa shape index (κ3) is 5.06. The Kier molecular flexibility index (Phi) is 7.41. The van der Waals surface area contributed by atoms with Gasteiger partial charge >= 0.3 is 0 Å². The SMILES string of the molecule is CCCNCC1CCC(CCC)CC1CC1CCCC1. The van der Waals surface area contributed by atoms with E-state index in [0.29, 0.717) is 0 Å². The third-order valence-electron chi connectivity index (χ3n) is 5.89. The van der Waals surface area contributed by atoms with Crippen LogP contribution in [-0.2, 0) is 0 Å². The highest BCUT2D eigenvalue weighted by molar-refractivity contribution is 4.84. The van der Waals surface area contributed by atoms with E-state index in [2.05, 4.69) is 19.2 Å². The van der Waals surface area contributed by atoms with Crippen molar-refractivity contribution in [3.05, 3.63) is 0 Å². The Morgan fingerprint density at radius 3 is 2.35 bits per heavy atom. The molecule has 3 unspecified atom stereocenters. The van der Waals surface area contributed by atoms with E-state index >= 15 is 0 Å². The minimum Gasteiger partial charge on any atom is -0.316 e. The Morgan fingerprint density at radius 1 is 0.850 bits per heavy atom. The van der Waals surface area contributed by atoms with Gasteiger partial charge in [0.05, 0.1) is 0 Å². The first kappa shape index (κ1) is 16.3. The molecular weight excluding hydrogens is 242 g/mol. The second-order valence-electron chi connectivity index (χ2n) is 7.58. The van der Waals surface area contributed by atoms with E-state index < -0.39 is 0 Å². The average Bonchev–Trinajstić information content (AvgIpc) is 2.95. The summed E-state index contributed by atoms with van der Waals surface area (Å²) >= 11 is 0. The van der Waals surface area contributed by atoms with E-state index in [0.717, 1.165) is 23.7 Å². The summed E-state index contributed by atoms with van der Waals surface area (Å²) in [5.74, 6) is 4.14. The Balaban J connectivity index is 1.83. The van der Waals surface area contributed by atoms with Crippen LogP contribution in [0.25, 0.3) is 0 Å². The van der Waals surface area contributed by atoms with Gasteiger partial charge in [-0.25, -0.2) is 0 Å². The molecule has 0 aromatic heterocycles. The van der Waals surface area contributed by atoms with Crippen LogP contribution in [0.3, 0.4) is 0 Å². The van der Waals surface area contributed by atoms with Crippen LogP contribution in [0.4, 0.5) is 0 Å². The van der Waals surface area contributed by atoms with Gasteiger partial charge in [-0.15, -0.1) is 0 Å². The molecule has 0 spiro atoms. The van der Waals surface area contributed by atoms with Gasteiger partial charge in [0.2, 0.25) is 0 Å². The molecule has 2 saturated carbocycles. The van der Waals surface area contributed by atoms with Gasteiger partial charge < -0.3 is 5.32 Å². The monoisotopic (exact) mass is 279 g/mol. The zero-order valence-electron chi connectivity index (χ0n) is 14.0. The smallest absolute Gasteiger partial charge is 0.00179 e. The molecule has 3 atom stereocenters. The van der Waals surface area contributed by atoms with Gasteiger partial charge in [-0.05, 0) is 62.4 Å². The van der Waals surface area contributed by atoms with Gasteiger partial charge in [-0.2, -0.15) is 0 Å². The predicted molar refractivity (Wildman–Crippen MR) is 89.0 cm³/mol. The highest BCUT2D eigenvalue weighted by Crippen LogP contribution is 2.42. The van der Waals surface area contributed by atoms with Crippen molar-refractivity contribution in [2.24, 2.45) is 23.7 Å². The molecule has 20 heavy (non-hydrogen) atoms. The van der Waals surface area contributed by atoms with Crippen LogP contribution in [0.5, 0.6) is 0 Å². The van der Waals surface area contributed by atoms with Crippen LogP contribution in [-0.4, -0.2) is 13.1 Å². The van der Waals surface area contributed by atoms with Crippen LogP contribution in [0.15, 0.2) is 0 Å². The number of hydrogen-bond acceptors (Lipinski definition) is 1. The predicted octanol–water partition coefficient (Wildman–Crippen LogP) is 5.40. The van der Waals surface area contributed by atoms with E-state index in [1.54, 1.807) is 12.8 Å². The van der Waals surface area contributed by atoms with Crippen molar-refractivity contribution >= 4 is 0 Å². The van der Waals surface area contributed by atoms with Crippen molar-refractivity contribution in [3.63, 3.8) is 0 Å². The summed E-state index contributed by atoms with van der Waals surface area (Å²) in [6, 6.07) is 0. The van der Waals surface area contributed by atoms with Gasteiger partial charge in [-0.3, -0.25) is 0 Å². The largest absolute Gasteiger partial charge is 0.316 e. The molecule has 2 aliphatic carbocycles. The summed E-state index contributed by atoms with van der Waals surface area (Å²) in [5, 5.41) is 3.71. The molecular formula is C19H37N. The first-order chi connectivity index (χ1) is 9.83. The van der Waals surface area contributed by atoms with Crippen molar-refractivity contribution < 1.29 is 0 Å². The fraction of sp³-hybridized carbons (Fsp3) is 1.00. The highest BCUT2D eigenvalue weighted by atomic mass is 14.9. The Hall–Kier alpha value is -0.0400. The van der Waals surface area contributed by atoms with E-state index in [1.807, 2.05) is 0 Å².